The van der Waals surface area contributed by atoms with Gasteiger partial charge in [0.1, 0.15) is 0 Å². The molecule has 2 rings (SSSR count). The summed E-state index contributed by atoms with van der Waals surface area (Å²) in [5.74, 6) is 1.84. The van der Waals surface area contributed by atoms with Crippen LogP contribution in [0.2, 0.25) is 0 Å². The summed E-state index contributed by atoms with van der Waals surface area (Å²) in [6, 6.07) is 5.11. The van der Waals surface area contributed by atoms with Gasteiger partial charge in [0.15, 0.2) is 0 Å². The van der Waals surface area contributed by atoms with Crippen molar-refractivity contribution < 1.29 is 0 Å². The molecule has 0 saturated heterocycles. The molecule has 0 amide bonds. The smallest absolute Gasteiger partial charge is 0.0302 e. The minimum atomic E-state index is 0.782. The van der Waals surface area contributed by atoms with Gasteiger partial charge in [-0.05, 0) is 36.1 Å². The Morgan fingerprint density at radius 2 is 2.29 bits per heavy atom. The molecule has 0 aliphatic heterocycles. The Morgan fingerprint density at radius 3 is 2.86 bits per heavy atom. The Kier molecular flexibility index (Phi) is 3.24. The first-order valence-electron chi connectivity index (χ1n) is 5.51. The van der Waals surface area contributed by atoms with Crippen LogP contribution < -0.4 is 5.32 Å². The quantitative estimate of drug-likeness (QED) is 0.802. The molecule has 1 heterocycles. The zero-order valence-electron chi connectivity index (χ0n) is 8.99. The van der Waals surface area contributed by atoms with Gasteiger partial charge < -0.3 is 5.32 Å². The zero-order valence-corrected chi connectivity index (χ0v) is 9.81. The molecule has 78 valence electrons. The van der Waals surface area contributed by atoms with E-state index in [9.17, 15) is 0 Å². The van der Waals surface area contributed by atoms with E-state index in [1.165, 1.54) is 17.7 Å². The van der Waals surface area contributed by atoms with Crippen LogP contribution >= 0.6 is 11.3 Å². The predicted octanol–water partition coefficient (Wildman–Crippen LogP) is 3.27. The zero-order chi connectivity index (χ0) is 9.97. The van der Waals surface area contributed by atoms with E-state index in [1.807, 2.05) is 11.3 Å². The maximum Gasteiger partial charge on any atom is 0.0302 e. The van der Waals surface area contributed by atoms with E-state index in [1.54, 1.807) is 0 Å². The van der Waals surface area contributed by atoms with Crippen molar-refractivity contribution in [2.45, 2.75) is 39.3 Å². The second kappa shape index (κ2) is 4.45. The highest BCUT2D eigenvalue weighted by Gasteiger charge is 2.30. The topological polar surface area (TPSA) is 12.0 Å². The first-order chi connectivity index (χ1) is 6.75. The SMILES string of the molecule is CC(C)C1CC(NCc2cccs2)C1. The van der Waals surface area contributed by atoms with E-state index in [-0.39, 0.29) is 0 Å². The van der Waals surface area contributed by atoms with Crippen molar-refractivity contribution in [1.82, 2.24) is 5.32 Å². The fourth-order valence-electron chi connectivity index (χ4n) is 2.03. The predicted molar refractivity (Wildman–Crippen MR) is 62.5 cm³/mol. The van der Waals surface area contributed by atoms with Gasteiger partial charge in [0, 0.05) is 17.5 Å². The molecule has 0 unspecified atom stereocenters. The highest BCUT2D eigenvalue weighted by atomic mass is 32.1. The Bertz CT molecular complexity index is 260. The summed E-state index contributed by atoms with van der Waals surface area (Å²) in [6.07, 6.45) is 2.76. The van der Waals surface area contributed by atoms with Gasteiger partial charge in [-0.1, -0.05) is 19.9 Å². The van der Waals surface area contributed by atoms with Crippen LogP contribution in [0, 0.1) is 11.8 Å². The lowest BCUT2D eigenvalue weighted by molar-refractivity contribution is 0.168. The van der Waals surface area contributed by atoms with Crippen molar-refractivity contribution in [3.63, 3.8) is 0 Å². The number of hydrogen-bond acceptors (Lipinski definition) is 2. The largest absolute Gasteiger partial charge is 0.309 e. The third kappa shape index (κ3) is 2.37. The Labute approximate surface area is 90.5 Å². The van der Waals surface area contributed by atoms with E-state index in [0.717, 1.165) is 24.4 Å². The summed E-state index contributed by atoms with van der Waals surface area (Å²) >= 11 is 1.84. The second-order valence-electron chi connectivity index (χ2n) is 4.63. The maximum atomic E-state index is 3.62. The van der Waals surface area contributed by atoms with Gasteiger partial charge in [0.25, 0.3) is 0 Å². The van der Waals surface area contributed by atoms with Gasteiger partial charge >= 0.3 is 0 Å². The molecule has 1 aromatic rings. The molecule has 1 saturated carbocycles. The third-order valence-electron chi connectivity index (χ3n) is 3.26. The molecule has 2 heteroatoms. The van der Waals surface area contributed by atoms with E-state index in [0.29, 0.717) is 0 Å². The minimum absolute atomic E-state index is 0.782. The second-order valence-corrected chi connectivity index (χ2v) is 5.66. The van der Waals surface area contributed by atoms with Gasteiger partial charge in [0.2, 0.25) is 0 Å². The summed E-state index contributed by atoms with van der Waals surface area (Å²) < 4.78 is 0. The first kappa shape index (κ1) is 10.2. The van der Waals surface area contributed by atoms with Gasteiger partial charge in [-0.25, -0.2) is 0 Å². The van der Waals surface area contributed by atoms with Crippen LogP contribution in [0.25, 0.3) is 0 Å². The van der Waals surface area contributed by atoms with Crippen molar-refractivity contribution >= 4 is 11.3 Å². The van der Waals surface area contributed by atoms with Crippen molar-refractivity contribution in [2.24, 2.45) is 11.8 Å². The van der Waals surface area contributed by atoms with Crippen molar-refractivity contribution in [3.8, 4) is 0 Å². The molecule has 1 aliphatic carbocycles. The Balaban J connectivity index is 1.65. The molecule has 1 aliphatic rings. The monoisotopic (exact) mass is 209 g/mol. The standard InChI is InChI=1S/C12H19NS/c1-9(2)10-6-11(7-10)13-8-12-4-3-5-14-12/h3-5,9-11,13H,6-8H2,1-2H3. The lowest BCUT2D eigenvalue weighted by Crippen LogP contribution is -2.42. The summed E-state index contributed by atoms with van der Waals surface area (Å²) in [7, 11) is 0. The molecule has 0 aromatic carbocycles. The molecule has 1 nitrogen and oxygen atoms in total. The van der Waals surface area contributed by atoms with E-state index < -0.39 is 0 Å². The van der Waals surface area contributed by atoms with E-state index in [2.05, 4.69) is 36.7 Å². The van der Waals surface area contributed by atoms with Gasteiger partial charge in [-0.3, -0.25) is 0 Å². The van der Waals surface area contributed by atoms with Crippen molar-refractivity contribution in [1.29, 1.82) is 0 Å². The highest BCUT2D eigenvalue weighted by Crippen LogP contribution is 2.33. The lowest BCUT2D eigenvalue weighted by Gasteiger charge is -2.38. The summed E-state index contributed by atoms with van der Waals surface area (Å²) in [5, 5.41) is 5.76. The molecule has 0 bridgehead atoms. The van der Waals surface area contributed by atoms with E-state index >= 15 is 0 Å². The van der Waals surface area contributed by atoms with Crippen LogP contribution in [0.15, 0.2) is 17.5 Å². The lowest BCUT2D eigenvalue weighted by atomic mass is 9.74. The third-order valence-corrected chi connectivity index (χ3v) is 4.14. The number of thiophene rings is 1. The van der Waals surface area contributed by atoms with Gasteiger partial charge in [0.05, 0.1) is 0 Å². The van der Waals surface area contributed by atoms with Gasteiger partial charge in [-0.15, -0.1) is 11.3 Å². The maximum absolute atomic E-state index is 3.62. The number of hydrogen-bond donors (Lipinski definition) is 1. The molecule has 1 N–H and O–H groups in total. The van der Waals surface area contributed by atoms with E-state index in [4.69, 9.17) is 0 Å². The molecular formula is C12H19NS. The van der Waals surface area contributed by atoms with Crippen LogP contribution in [0.1, 0.15) is 31.6 Å². The molecule has 0 radical (unpaired) electrons. The van der Waals surface area contributed by atoms with Crippen LogP contribution in [-0.4, -0.2) is 6.04 Å². The number of rotatable bonds is 4. The molecule has 0 spiro atoms. The summed E-state index contributed by atoms with van der Waals surface area (Å²) in [5.41, 5.74) is 0. The summed E-state index contributed by atoms with van der Waals surface area (Å²) in [4.78, 5) is 1.46. The first-order valence-corrected chi connectivity index (χ1v) is 6.39. The molecular weight excluding hydrogens is 190 g/mol. The van der Waals surface area contributed by atoms with Crippen LogP contribution in [0.3, 0.4) is 0 Å². The Morgan fingerprint density at radius 1 is 1.50 bits per heavy atom. The minimum Gasteiger partial charge on any atom is -0.309 e. The molecule has 0 atom stereocenters. The fraction of sp³-hybridized carbons (Fsp3) is 0.667. The van der Waals surface area contributed by atoms with Crippen LogP contribution in [0.4, 0.5) is 0 Å². The average molecular weight is 209 g/mol. The average Bonchev–Trinajstić information content (AvgIpc) is 2.52. The Hall–Kier alpha value is -0.340. The van der Waals surface area contributed by atoms with Crippen molar-refractivity contribution in [3.05, 3.63) is 22.4 Å². The van der Waals surface area contributed by atoms with Crippen LogP contribution in [-0.2, 0) is 6.54 Å². The highest BCUT2D eigenvalue weighted by molar-refractivity contribution is 7.09. The fourth-order valence-corrected chi connectivity index (χ4v) is 2.69. The van der Waals surface area contributed by atoms with Crippen molar-refractivity contribution in [2.75, 3.05) is 0 Å². The molecule has 1 fully saturated rings. The number of nitrogens with one attached hydrogen (secondary N) is 1. The molecule has 14 heavy (non-hydrogen) atoms. The van der Waals surface area contributed by atoms with Gasteiger partial charge in [-0.2, -0.15) is 0 Å². The van der Waals surface area contributed by atoms with Crippen LogP contribution in [0.5, 0.6) is 0 Å². The molecule has 1 aromatic heterocycles. The summed E-state index contributed by atoms with van der Waals surface area (Å²) in [6.45, 7) is 5.73. The normalized spacial score (nSPS) is 26.5.